The number of nitrogens with one attached hydrogen (secondary N) is 2. The Labute approximate surface area is 148 Å². The molecule has 5 nitrogen and oxygen atoms in total. The summed E-state index contributed by atoms with van der Waals surface area (Å²) < 4.78 is 0. The fourth-order valence-corrected chi connectivity index (χ4v) is 3.15. The summed E-state index contributed by atoms with van der Waals surface area (Å²) in [6.45, 7) is 4.04. The fourth-order valence-electron chi connectivity index (χ4n) is 3.15. The van der Waals surface area contributed by atoms with Crippen molar-refractivity contribution in [1.29, 1.82) is 0 Å². The number of hydrogen-bond acceptors (Lipinski definition) is 3. The van der Waals surface area contributed by atoms with E-state index in [2.05, 4.69) is 27.7 Å². The van der Waals surface area contributed by atoms with Gasteiger partial charge in [0.1, 0.15) is 0 Å². The molecule has 5 heteroatoms. The number of carbonyl (C=O) groups excluding carboxylic acids is 2. The van der Waals surface area contributed by atoms with Crippen LogP contribution in [0.3, 0.4) is 0 Å². The molecule has 0 radical (unpaired) electrons. The second kappa shape index (κ2) is 7.94. The lowest BCUT2D eigenvalue weighted by atomic mass is 10.1. The quantitative estimate of drug-likeness (QED) is 0.881. The Morgan fingerprint density at radius 1 is 1.04 bits per heavy atom. The molecule has 1 aliphatic heterocycles. The molecule has 0 aliphatic carbocycles. The van der Waals surface area contributed by atoms with Gasteiger partial charge in [-0.3, -0.25) is 14.5 Å². The first-order chi connectivity index (χ1) is 12.1. The first-order valence-corrected chi connectivity index (χ1v) is 8.55. The van der Waals surface area contributed by atoms with E-state index in [9.17, 15) is 9.59 Å². The second-order valence-electron chi connectivity index (χ2n) is 6.46. The van der Waals surface area contributed by atoms with Gasteiger partial charge in [0.05, 0.1) is 5.92 Å². The van der Waals surface area contributed by atoms with E-state index in [4.69, 9.17) is 0 Å². The third-order valence-corrected chi connectivity index (χ3v) is 4.34. The lowest BCUT2D eigenvalue weighted by Gasteiger charge is -2.16. The summed E-state index contributed by atoms with van der Waals surface area (Å²) in [6.07, 6.45) is 0.865. The summed E-state index contributed by atoms with van der Waals surface area (Å²) in [5.41, 5.74) is 2.66. The number of benzene rings is 2. The molecule has 0 bridgehead atoms. The van der Waals surface area contributed by atoms with E-state index in [0.29, 0.717) is 11.4 Å². The highest BCUT2D eigenvalue weighted by Crippen LogP contribution is 2.22. The topological polar surface area (TPSA) is 61.4 Å². The van der Waals surface area contributed by atoms with Gasteiger partial charge in [-0.05, 0) is 36.7 Å². The van der Waals surface area contributed by atoms with Gasteiger partial charge >= 0.3 is 0 Å². The number of likely N-dealkylation sites (tertiary alicyclic amines) is 1. The molecule has 1 unspecified atom stereocenters. The molecular formula is C20H23N3O2. The van der Waals surface area contributed by atoms with Gasteiger partial charge in [0.25, 0.3) is 0 Å². The van der Waals surface area contributed by atoms with E-state index in [1.165, 1.54) is 12.5 Å². The molecular weight excluding hydrogens is 314 g/mol. The first kappa shape index (κ1) is 17.2. The minimum atomic E-state index is -0.129. The maximum Gasteiger partial charge on any atom is 0.228 e. The Morgan fingerprint density at radius 2 is 1.76 bits per heavy atom. The maximum absolute atomic E-state index is 12.5. The monoisotopic (exact) mass is 337 g/mol. The van der Waals surface area contributed by atoms with Crippen LogP contribution in [0.25, 0.3) is 0 Å². The molecule has 1 saturated heterocycles. The van der Waals surface area contributed by atoms with Crippen LogP contribution in [-0.4, -0.2) is 29.8 Å². The molecule has 0 spiro atoms. The SMILES string of the molecule is CC(=O)Nc1cccc(NC(=O)C2CCN(Cc3ccccc3)C2)c1. The standard InChI is InChI=1S/C20H23N3O2/c1-15(24)21-18-8-5-9-19(12-18)22-20(25)17-10-11-23(14-17)13-16-6-3-2-4-7-16/h2-9,12,17H,10-11,13-14H2,1H3,(H,21,24)(H,22,25). The Balaban J connectivity index is 1.55. The van der Waals surface area contributed by atoms with Crippen LogP contribution in [0.1, 0.15) is 18.9 Å². The van der Waals surface area contributed by atoms with Crippen molar-refractivity contribution in [3.05, 3.63) is 60.2 Å². The normalized spacial score (nSPS) is 17.2. The second-order valence-corrected chi connectivity index (χ2v) is 6.46. The zero-order valence-electron chi connectivity index (χ0n) is 14.4. The lowest BCUT2D eigenvalue weighted by molar-refractivity contribution is -0.119. The van der Waals surface area contributed by atoms with Crippen molar-refractivity contribution in [2.24, 2.45) is 5.92 Å². The predicted molar refractivity (Wildman–Crippen MR) is 99.2 cm³/mol. The number of rotatable bonds is 5. The van der Waals surface area contributed by atoms with E-state index < -0.39 is 0 Å². The molecule has 2 N–H and O–H groups in total. The molecule has 2 aromatic rings. The van der Waals surface area contributed by atoms with Crippen molar-refractivity contribution in [3.8, 4) is 0 Å². The number of amides is 2. The average molecular weight is 337 g/mol. The van der Waals surface area contributed by atoms with Crippen molar-refractivity contribution >= 4 is 23.2 Å². The summed E-state index contributed by atoms with van der Waals surface area (Å²) in [4.78, 5) is 26.0. The van der Waals surface area contributed by atoms with Crippen LogP contribution < -0.4 is 10.6 Å². The van der Waals surface area contributed by atoms with Gasteiger partial charge in [0.15, 0.2) is 0 Å². The van der Waals surface area contributed by atoms with Crippen molar-refractivity contribution < 1.29 is 9.59 Å². The Kier molecular flexibility index (Phi) is 5.46. The van der Waals surface area contributed by atoms with Gasteiger partial charge in [-0.25, -0.2) is 0 Å². The van der Waals surface area contributed by atoms with Crippen LogP contribution in [0, 0.1) is 5.92 Å². The third kappa shape index (κ3) is 4.90. The summed E-state index contributed by atoms with van der Waals surface area (Å²) in [5, 5.41) is 5.69. The molecule has 1 heterocycles. The van der Waals surface area contributed by atoms with Gasteiger partial charge in [0, 0.05) is 31.4 Å². The van der Waals surface area contributed by atoms with E-state index >= 15 is 0 Å². The average Bonchev–Trinajstić information content (AvgIpc) is 3.04. The Morgan fingerprint density at radius 3 is 2.48 bits per heavy atom. The highest BCUT2D eigenvalue weighted by atomic mass is 16.2. The Bertz CT molecular complexity index is 746. The largest absolute Gasteiger partial charge is 0.326 e. The molecule has 0 saturated carbocycles. The van der Waals surface area contributed by atoms with E-state index in [1.54, 1.807) is 12.1 Å². The summed E-state index contributed by atoms with van der Waals surface area (Å²) >= 11 is 0. The minimum absolute atomic E-state index is 0.00636. The molecule has 1 fully saturated rings. The molecule has 25 heavy (non-hydrogen) atoms. The first-order valence-electron chi connectivity index (χ1n) is 8.55. The molecule has 1 aliphatic rings. The molecule has 130 valence electrons. The summed E-state index contributed by atoms with van der Waals surface area (Å²) in [6, 6.07) is 17.5. The van der Waals surface area contributed by atoms with Crippen LogP contribution in [-0.2, 0) is 16.1 Å². The molecule has 1 atom stereocenters. The van der Waals surface area contributed by atoms with Crippen molar-refractivity contribution in [2.75, 3.05) is 23.7 Å². The molecule has 2 amide bonds. The summed E-state index contributed by atoms with van der Waals surface area (Å²) in [5.74, 6) is -0.0977. The Hall–Kier alpha value is -2.66. The van der Waals surface area contributed by atoms with Crippen LogP contribution in [0.2, 0.25) is 0 Å². The highest BCUT2D eigenvalue weighted by molar-refractivity contribution is 5.94. The van der Waals surface area contributed by atoms with Gasteiger partial charge in [0.2, 0.25) is 11.8 Å². The van der Waals surface area contributed by atoms with Gasteiger partial charge < -0.3 is 10.6 Å². The van der Waals surface area contributed by atoms with Crippen molar-refractivity contribution in [1.82, 2.24) is 4.90 Å². The number of anilines is 2. The van der Waals surface area contributed by atoms with E-state index in [1.807, 2.05) is 30.3 Å². The molecule has 2 aromatic carbocycles. The van der Waals surface area contributed by atoms with Gasteiger partial charge in [-0.2, -0.15) is 0 Å². The summed E-state index contributed by atoms with van der Waals surface area (Å²) in [7, 11) is 0. The lowest BCUT2D eigenvalue weighted by Crippen LogP contribution is -2.27. The fraction of sp³-hybridized carbons (Fsp3) is 0.300. The highest BCUT2D eigenvalue weighted by Gasteiger charge is 2.28. The third-order valence-electron chi connectivity index (χ3n) is 4.34. The van der Waals surface area contributed by atoms with E-state index in [-0.39, 0.29) is 17.7 Å². The van der Waals surface area contributed by atoms with Crippen molar-refractivity contribution in [3.63, 3.8) is 0 Å². The van der Waals surface area contributed by atoms with Crippen LogP contribution in [0.5, 0.6) is 0 Å². The number of nitrogens with zero attached hydrogens (tertiary/aromatic N) is 1. The van der Waals surface area contributed by atoms with Crippen LogP contribution in [0.15, 0.2) is 54.6 Å². The van der Waals surface area contributed by atoms with Crippen LogP contribution >= 0.6 is 0 Å². The van der Waals surface area contributed by atoms with Gasteiger partial charge in [-0.15, -0.1) is 0 Å². The van der Waals surface area contributed by atoms with E-state index in [0.717, 1.165) is 26.1 Å². The minimum Gasteiger partial charge on any atom is -0.326 e. The number of carbonyl (C=O) groups is 2. The van der Waals surface area contributed by atoms with Gasteiger partial charge in [-0.1, -0.05) is 36.4 Å². The van der Waals surface area contributed by atoms with Crippen molar-refractivity contribution in [2.45, 2.75) is 19.9 Å². The zero-order valence-corrected chi connectivity index (χ0v) is 14.4. The number of hydrogen-bond donors (Lipinski definition) is 2. The zero-order chi connectivity index (χ0) is 17.6. The predicted octanol–water partition coefficient (Wildman–Crippen LogP) is 3.11. The maximum atomic E-state index is 12.5. The molecule has 3 rings (SSSR count). The smallest absolute Gasteiger partial charge is 0.228 e. The molecule has 0 aromatic heterocycles. The van der Waals surface area contributed by atoms with Crippen LogP contribution in [0.4, 0.5) is 11.4 Å².